The van der Waals surface area contributed by atoms with Crippen molar-refractivity contribution in [3.8, 4) is 11.5 Å². The lowest BCUT2D eigenvalue weighted by atomic mass is 10.1. The van der Waals surface area contributed by atoms with Crippen molar-refractivity contribution in [2.45, 2.75) is 13.5 Å². The molecule has 0 atom stereocenters. The number of carboxylic acids is 1. The predicted molar refractivity (Wildman–Crippen MR) is 150 cm³/mol. The lowest BCUT2D eigenvalue weighted by molar-refractivity contribution is -0.122. The zero-order chi connectivity index (χ0) is 26.5. The number of rotatable bonds is 8. The van der Waals surface area contributed by atoms with Gasteiger partial charge in [0.05, 0.1) is 27.7 Å². The highest BCUT2D eigenvalue weighted by Gasteiger charge is 2.32. The fraction of sp³-hybridized carbons (Fsp3) is 0.148. The number of amidine groups is 1. The number of nitrogens with zero attached hydrogens (tertiary/aromatic N) is 2. The molecule has 0 radical (unpaired) electrons. The first-order valence-electron chi connectivity index (χ1n) is 11.2. The number of aromatic carboxylic acids is 1. The minimum atomic E-state index is -1.01. The van der Waals surface area contributed by atoms with Crippen LogP contribution in [-0.2, 0) is 11.4 Å². The minimum absolute atomic E-state index is 0.161. The molecule has 0 saturated carbocycles. The van der Waals surface area contributed by atoms with Crippen LogP contribution in [-0.4, -0.2) is 40.7 Å². The van der Waals surface area contributed by atoms with Gasteiger partial charge in [0.1, 0.15) is 6.61 Å². The molecule has 1 aliphatic rings. The van der Waals surface area contributed by atoms with Gasteiger partial charge in [-0.25, -0.2) is 9.79 Å². The van der Waals surface area contributed by atoms with Gasteiger partial charge < -0.3 is 14.6 Å². The van der Waals surface area contributed by atoms with Gasteiger partial charge in [0.2, 0.25) is 0 Å². The number of amides is 1. The second-order valence-corrected chi connectivity index (χ2v) is 10.2. The van der Waals surface area contributed by atoms with Crippen LogP contribution in [0.4, 0.5) is 5.69 Å². The van der Waals surface area contributed by atoms with Gasteiger partial charge >= 0.3 is 5.97 Å². The first-order valence-corrected chi connectivity index (χ1v) is 13.2. The maximum absolute atomic E-state index is 13.1. The molecule has 0 unspecified atom stereocenters. The highest BCUT2D eigenvalue weighted by molar-refractivity contribution is 9.10. The van der Waals surface area contributed by atoms with Crippen LogP contribution >= 0.6 is 39.3 Å². The van der Waals surface area contributed by atoms with Crippen LogP contribution in [0.1, 0.15) is 28.4 Å². The van der Waals surface area contributed by atoms with E-state index in [0.717, 1.165) is 11.1 Å². The van der Waals surface area contributed by atoms with Gasteiger partial charge in [0.25, 0.3) is 5.91 Å². The first kappa shape index (κ1) is 26.8. The number of methoxy groups -OCH3 is 1. The molecule has 1 aliphatic heterocycles. The molecular weight excluding hydrogens is 580 g/mol. The molecule has 1 saturated heterocycles. The second-order valence-electron chi connectivity index (χ2n) is 7.86. The van der Waals surface area contributed by atoms with E-state index in [4.69, 9.17) is 26.2 Å². The van der Waals surface area contributed by atoms with E-state index < -0.39 is 5.97 Å². The van der Waals surface area contributed by atoms with Crippen molar-refractivity contribution in [3.05, 3.63) is 91.8 Å². The summed E-state index contributed by atoms with van der Waals surface area (Å²) in [5.41, 5.74) is 2.45. The molecule has 37 heavy (non-hydrogen) atoms. The smallest absolute Gasteiger partial charge is 0.335 e. The summed E-state index contributed by atoms with van der Waals surface area (Å²) in [6.45, 7) is 2.65. The number of halogens is 2. The number of hydrogen-bond donors (Lipinski definition) is 1. The standard InChI is InChI=1S/C27H22BrClN2O5S/c1-3-31-25(32)23(37-27(31)30-20-10-6-18(7-11-20)26(33)34)14-17-12-21(28)24(22(13-17)35-2)36-15-16-4-8-19(29)9-5-16/h4-14H,3,15H2,1-2H3,(H,33,34)/b23-14-,30-27?. The lowest BCUT2D eigenvalue weighted by Gasteiger charge is -2.14. The summed E-state index contributed by atoms with van der Waals surface area (Å²) in [7, 11) is 1.56. The summed E-state index contributed by atoms with van der Waals surface area (Å²) >= 11 is 10.8. The van der Waals surface area contributed by atoms with Crippen LogP contribution in [0.2, 0.25) is 5.02 Å². The molecule has 3 aromatic carbocycles. The van der Waals surface area contributed by atoms with Gasteiger partial charge in [0, 0.05) is 11.6 Å². The zero-order valence-corrected chi connectivity index (χ0v) is 23.1. The van der Waals surface area contributed by atoms with E-state index in [0.29, 0.717) is 49.9 Å². The van der Waals surface area contributed by atoms with Crippen LogP contribution in [0.3, 0.4) is 0 Å². The Balaban J connectivity index is 1.57. The van der Waals surface area contributed by atoms with Crippen LogP contribution < -0.4 is 9.47 Å². The molecule has 190 valence electrons. The van der Waals surface area contributed by atoms with E-state index in [1.165, 1.54) is 23.9 Å². The van der Waals surface area contributed by atoms with Gasteiger partial charge in [-0.2, -0.15) is 0 Å². The molecule has 0 spiro atoms. The van der Waals surface area contributed by atoms with Gasteiger partial charge in [-0.1, -0.05) is 23.7 Å². The molecule has 7 nitrogen and oxygen atoms in total. The monoisotopic (exact) mass is 600 g/mol. The van der Waals surface area contributed by atoms with Gasteiger partial charge in [-0.05, 0) is 100 Å². The average molecular weight is 602 g/mol. The average Bonchev–Trinajstić information content (AvgIpc) is 3.17. The van der Waals surface area contributed by atoms with E-state index in [-0.39, 0.29) is 11.5 Å². The Morgan fingerprint density at radius 1 is 1.16 bits per heavy atom. The summed E-state index contributed by atoms with van der Waals surface area (Å²) in [6.07, 6.45) is 1.78. The lowest BCUT2D eigenvalue weighted by Crippen LogP contribution is -2.28. The van der Waals surface area contributed by atoms with Crippen LogP contribution in [0.25, 0.3) is 6.08 Å². The SMILES string of the molecule is CCN1C(=O)/C(=C/c2cc(Br)c(OCc3ccc(Cl)cc3)c(OC)c2)SC1=Nc1ccc(C(=O)O)cc1. The highest BCUT2D eigenvalue weighted by atomic mass is 79.9. The third-order valence-electron chi connectivity index (χ3n) is 5.39. The van der Waals surface area contributed by atoms with Gasteiger partial charge in [-0.3, -0.25) is 9.69 Å². The topological polar surface area (TPSA) is 88.4 Å². The van der Waals surface area contributed by atoms with E-state index in [1.807, 2.05) is 25.1 Å². The summed E-state index contributed by atoms with van der Waals surface area (Å²) in [4.78, 5) is 30.8. The number of aliphatic imine (C=N–C) groups is 1. The molecule has 1 amide bonds. The summed E-state index contributed by atoms with van der Waals surface area (Å²) in [5, 5.41) is 10.3. The Bertz CT molecular complexity index is 1390. The quantitative estimate of drug-likeness (QED) is 0.279. The fourth-order valence-corrected chi connectivity index (χ4v) is 5.27. The van der Waals surface area contributed by atoms with Crippen molar-refractivity contribution in [2.24, 2.45) is 4.99 Å². The molecule has 0 aliphatic carbocycles. The van der Waals surface area contributed by atoms with Crippen LogP contribution in [0.5, 0.6) is 11.5 Å². The van der Waals surface area contributed by atoms with Crippen molar-refractivity contribution < 1.29 is 24.2 Å². The third kappa shape index (κ3) is 6.36. The third-order valence-corrected chi connectivity index (χ3v) is 7.24. The molecule has 0 aromatic heterocycles. The van der Waals surface area contributed by atoms with E-state index in [2.05, 4.69) is 20.9 Å². The van der Waals surface area contributed by atoms with E-state index >= 15 is 0 Å². The van der Waals surface area contributed by atoms with Gasteiger partial charge in [-0.15, -0.1) is 0 Å². The molecule has 10 heteroatoms. The maximum atomic E-state index is 13.1. The van der Waals surface area contributed by atoms with E-state index in [1.54, 1.807) is 48.4 Å². The minimum Gasteiger partial charge on any atom is -0.493 e. The number of hydrogen-bond acceptors (Lipinski definition) is 6. The normalized spacial score (nSPS) is 15.5. The highest BCUT2D eigenvalue weighted by Crippen LogP contribution is 2.40. The van der Waals surface area contributed by atoms with Gasteiger partial charge in [0.15, 0.2) is 16.7 Å². The second kappa shape index (κ2) is 11.9. The molecule has 4 rings (SSSR count). The number of carbonyl (C=O) groups excluding carboxylic acids is 1. The van der Waals surface area contributed by atoms with Crippen molar-refractivity contribution in [3.63, 3.8) is 0 Å². The number of carbonyl (C=O) groups is 2. The number of ether oxygens (including phenoxy) is 2. The Kier molecular flexibility index (Phi) is 8.58. The first-order chi connectivity index (χ1) is 17.8. The molecule has 1 fully saturated rings. The molecule has 3 aromatic rings. The van der Waals surface area contributed by atoms with E-state index in [9.17, 15) is 9.59 Å². The summed E-state index contributed by atoms with van der Waals surface area (Å²) < 4.78 is 12.2. The Morgan fingerprint density at radius 3 is 2.49 bits per heavy atom. The summed E-state index contributed by atoms with van der Waals surface area (Å²) in [6, 6.07) is 17.2. The number of thioether (sulfide) groups is 1. The number of likely N-dealkylation sites (N-methyl/N-ethyl adjacent to an activating group) is 1. The largest absolute Gasteiger partial charge is 0.493 e. The Hall–Kier alpha value is -3.27. The van der Waals surface area contributed by atoms with Crippen molar-refractivity contribution in [2.75, 3.05) is 13.7 Å². The molecule has 0 bridgehead atoms. The molecular formula is C27H22BrClN2O5S. The predicted octanol–water partition coefficient (Wildman–Crippen LogP) is 7.01. The molecule has 1 heterocycles. The van der Waals surface area contributed by atoms with Crippen molar-refractivity contribution in [1.82, 2.24) is 4.90 Å². The Labute approximate surface area is 231 Å². The maximum Gasteiger partial charge on any atom is 0.335 e. The fourth-order valence-electron chi connectivity index (χ4n) is 3.51. The molecule has 1 N–H and O–H groups in total. The Morgan fingerprint density at radius 2 is 1.86 bits per heavy atom. The summed E-state index contributed by atoms with van der Waals surface area (Å²) in [5.74, 6) is -0.0998. The zero-order valence-electron chi connectivity index (χ0n) is 19.9. The number of benzene rings is 3. The van der Waals surface area contributed by atoms with Crippen molar-refractivity contribution in [1.29, 1.82) is 0 Å². The van der Waals surface area contributed by atoms with Crippen LogP contribution in [0.15, 0.2) is 75.0 Å². The number of carboxylic acid groups (broad SMARTS) is 1. The van der Waals surface area contributed by atoms with Crippen molar-refractivity contribution >= 4 is 68.1 Å². The van der Waals surface area contributed by atoms with Crippen LogP contribution in [0, 0.1) is 0 Å².